The van der Waals surface area contributed by atoms with E-state index in [1.165, 1.54) is 4.31 Å². The molecule has 1 saturated heterocycles. The van der Waals surface area contributed by atoms with Crippen LogP contribution in [0.1, 0.15) is 43.2 Å². The molecule has 210 valence electrons. The van der Waals surface area contributed by atoms with Crippen LogP contribution in [0.15, 0.2) is 48.5 Å². The van der Waals surface area contributed by atoms with Crippen molar-refractivity contribution in [3.63, 3.8) is 0 Å². The molecule has 1 aromatic carbocycles. The third-order valence-electron chi connectivity index (χ3n) is 6.95. The van der Waals surface area contributed by atoms with Crippen LogP contribution in [0.25, 0.3) is 0 Å². The van der Waals surface area contributed by atoms with Crippen LogP contribution in [0.5, 0.6) is 0 Å². The summed E-state index contributed by atoms with van der Waals surface area (Å²) in [5.74, 6) is -0.880. The zero-order valence-electron chi connectivity index (χ0n) is 21.5. The van der Waals surface area contributed by atoms with Crippen molar-refractivity contribution in [2.75, 3.05) is 29.0 Å². The number of aromatic nitrogens is 2. The Hall–Kier alpha value is -3.45. The van der Waals surface area contributed by atoms with E-state index in [1.54, 1.807) is 25.1 Å². The monoisotopic (exact) mass is 564 g/mol. The van der Waals surface area contributed by atoms with Crippen molar-refractivity contribution in [3.05, 3.63) is 59.7 Å². The van der Waals surface area contributed by atoms with E-state index in [2.05, 4.69) is 39.1 Å². The molecule has 1 aliphatic heterocycles. The van der Waals surface area contributed by atoms with E-state index in [0.29, 0.717) is 36.8 Å². The quantitative estimate of drug-likeness (QED) is 0.359. The number of nitrogens with zero attached hydrogens (tertiary/aromatic N) is 3. The van der Waals surface area contributed by atoms with Gasteiger partial charge in [-0.15, -0.1) is 0 Å². The number of anilines is 4. The number of aryl methyl sites for hydroxylation is 1. The van der Waals surface area contributed by atoms with Gasteiger partial charge in [-0.2, -0.15) is 22.5 Å². The van der Waals surface area contributed by atoms with Gasteiger partial charge in [-0.3, -0.25) is 4.79 Å². The maximum absolute atomic E-state index is 13.9. The van der Waals surface area contributed by atoms with Gasteiger partial charge in [-0.1, -0.05) is 25.6 Å². The van der Waals surface area contributed by atoms with Gasteiger partial charge in [0.25, 0.3) is 5.91 Å². The van der Waals surface area contributed by atoms with Crippen LogP contribution in [0, 0.1) is 12.8 Å². The van der Waals surface area contributed by atoms with E-state index in [-0.39, 0.29) is 30.0 Å². The van der Waals surface area contributed by atoms with E-state index in [9.17, 15) is 26.4 Å². The number of carbonyl (C=O) groups excluding carboxylic acids is 1. The Bertz CT molecular complexity index is 1380. The van der Waals surface area contributed by atoms with Gasteiger partial charge >= 0.3 is 6.18 Å². The maximum Gasteiger partial charge on any atom is 0.421 e. The number of sulfonamides is 1. The second kappa shape index (κ2) is 11.3. The number of carbonyl (C=O) groups is 1. The van der Waals surface area contributed by atoms with Crippen LogP contribution in [-0.2, 0) is 21.0 Å². The van der Waals surface area contributed by atoms with Crippen molar-refractivity contribution in [3.8, 4) is 0 Å². The normalized spacial score (nSPS) is 18.6. The summed E-state index contributed by atoms with van der Waals surface area (Å²) in [5, 5.41) is 9.32. The summed E-state index contributed by atoms with van der Waals surface area (Å²) in [4.78, 5) is 20.7. The molecule has 1 amide bonds. The van der Waals surface area contributed by atoms with Crippen LogP contribution < -0.4 is 16.0 Å². The van der Waals surface area contributed by atoms with Crippen molar-refractivity contribution >= 4 is 39.1 Å². The number of hydrogen-bond acceptors (Lipinski definition) is 7. The Balaban J connectivity index is 1.59. The fourth-order valence-corrected chi connectivity index (χ4v) is 5.46. The highest BCUT2D eigenvalue weighted by atomic mass is 32.2. The Morgan fingerprint density at radius 1 is 1.18 bits per heavy atom. The molecule has 1 atom stereocenters. The van der Waals surface area contributed by atoms with Crippen LogP contribution in [0.2, 0.25) is 0 Å². The number of benzene rings is 1. The summed E-state index contributed by atoms with van der Waals surface area (Å²) in [6.07, 6.45) is -0.160. The topological polar surface area (TPSA) is 116 Å². The van der Waals surface area contributed by atoms with Gasteiger partial charge in [0.05, 0.1) is 11.4 Å². The molecule has 3 N–H and O–H groups in total. The molecule has 2 fully saturated rings. The number of amides is 1. The van der Waals surface area contributed by atoms with Gasteiger partial charge in [0.15, 0.2) is 0 Å². The highest BCUT2D eigenvalue weighted by Gasteiger charge is 2.36. The predicted molar refractivity (Wildman–Crippen MR) is 144 cm³/mol. The Morgan fingerprint density at radius 3 is 2.56 bits per heavy atom. The summed E-state index contributed by atoms with van der Waals surface area (Å²) in [7, 11) is -3.63. The van der Waals surface area contributed by atoms with Gasteiger partial charge in [-0.05, 0) is 56.2 Å². The first-order valence-electron chi connectivity index (χ1n) is 12.6. The van der Waals surface area contributed by atoms with Crippen molar-refractivity contribution in [1.29, 1.82) is 0 Å². The van der Waals surface area contributed by atoms with E-state index < -0.39 is 33.6 Å². The standard InChI is InChI=1S/C26H31F3N6O3S/c1-4-39(37,38)35-12-6-9-19(15-35)31-25-30-14-20(26(27,28)29)23(34-25)32-21-11-10-16(2)13-22(21)33-24(36)17(3)18-7-5-8-18/h4,10-11,13-14,18-19H,1,3,5-9,12,15H2,2H3,(H,33,36)(H2,30,31,32,34)/t19-/m1/s1. The average Bonchev–Trinajstić information content (AvgIpc) is 2.84. The maximum atomic E-state index is 13.9. The molecule has 0 radical (unpaired) electrons. The third-order valence-corrected chi connectivity index (χ3v) is 8.42. The lowest BCUT2D eigenvalue weighted by molar-refractivity contribution is -0.137. The molecule has 1 saturated carbocycles. The highest BCUT2D eigenvalue weighted by molar-refractivity contribution is 7.92. The lowest BCUT2D eigenvalue weighted by atomic mass is 9.80. The minimum absolute atomic E-state index is 0.0931. The SMILES string of the molecule is C=CS(=O)(=O)N1CCC[C@@H](Nc2ncc(C(F)(F)F)c(Nc3ccc(C)cc3NC(=O)C(=C)C3CCC3)n2)C1. The zero-order valence-corrected chi connectivity index (χ0v) is 22.3. The third kappa shape index (κ3) is 6.77. The Morgan fingerprint density at radius 2 is 1.92 bits per heavy atom. The molecule has 0 spiro atoms. The molecule has 0 unspecified atom stereocenters. The highest BCUT2D eigenvalue weighted by Crippen LogP contribution is 2.37. The minimum Gasteiger partial charge on any atom is -0.350 e. The van der Waals surface area contributed by atoms with E-state index >= 15 is 0 Å². The molecular formula is C26H31F3N6O3S. The minimum atomic E-state index is -4.76. The summed E-state index contributed by atoms with van der Waals surface area (Å²) in [5.41, 5.74) is 0.649. The van der Waals surface area contributed by atoms with Gasteiger partial charge in [-0.25, -0.2) is 13.4 Å². The molecule has 0 bridgehead atoms. The van der Waals surface area contributed by atoms with E-state index in [1.807, 2.05) is 0 Å². The largest absolute Gasteiger partial charge is 0.421 e. The molecule has 2 aliphatic rings. The number of piperidine rings is 1. The average molecular weight is 565 g/mol. The zero-order chi connectivity index (χ0) is 28.4. The first-order chi connectivity index (χ1) is 18.4. The fourth-order valence-electron chi connectivity index (χ4n) is 4.48. The number of halogens is 3. The molecule has 13 heteroatoms. The molecule has 2 aromatic rings. The molecule has 39 heavy (non-hydrogen) atoms. The van der Waals surface area contributed by atoms with E-state index in [0.717, 1.165) is 30.2 Å². The number of hydrogen-bond donors (Lipinski definition) is 3. The second-order valence-electron chi connectivity index (χ2n) is 9.79. The molecule has 1 aromatic heterocycles. The molecule has 4 rings (SSSR count). The lowest BCUT2D eigenvalue weighted by Gasteiger charge is -2.31. The summed E-state index contributed by atoms with van der Waals surface area (Å²) < 4.78 is 67.2. The van der Waals surface area contributed by atoms with Gasteiger partial charge < -0.3 is 16.0 Å². The Labute approximate surface area is 225 Å². The molecule has 9 nitrogen and oxygen atoms in total. The van der Waals surface area contributed by atoms with Crippen molar-refractivity contribution in [1.82, 2.24) is 14.3 Å². The summed E-state index contributed by atoms with van der Waals surface area (Å²) in [6, 6.07) is 4.50. The lowest BCUT2D eigenvalue weighted by Crippen LogP contribution is -2.44. The number of rotatable bonds is 9. The van der Waals surface area contributed by atoms with Gasteiger partial charge in [0.1, 0.15) is 11.4 Å². The van der Waals surface area contributed by atoms with Gasteiger partial charge in [0.2, 0.25) is 16.0 Å². The van der Waals surface area contributed by atoms with Gasteiger partial charge in [0, 0.05) is 36.3 Å². The molecule has 1 aliphatic carbocycles. The number of nitrogens with one attached hydrogen (secondary N) is 3. The van der Waals surface area contributed by atoms with Crippen LogP contribution in [0.3, 0.4) is 0 Å². The smallest absolute Gasteiger partial charge is 0.350 e. The first-order valence-corrected chi connectivity index (χ1v) is 14.1. The fraction of sp³-hybridized carbons (Fsp3) is 0.423. The van der Waals surface area contributed by atoms with E-state index in [4.69, 9.17) is 0 Å². The summed E-state index contributed by atoms with van der Waals surface area (Å²) >= 11 is 0. The van der Waals surface area contributed by atoms with Crippen LogP contribution in [-0.4, -0.2) is 47.7 Å². The summed E-state index contributed by atoms with van der Waals surface area (Å²) in [6.45, 7) is 9.45. The van der Waals surface area contributed by atoms with Crippen molar-refractivity contribution in [2.24, 2.45) is 5.92 Å². The molecular weight excluding hydrogens is 533 g/mol. The first kappa shape index (κ1) is 28.6. The van der Waals surface area contributed by atoms with Crippen LogP contribution >= 0.6 is 0 Å². The predicted octanol–water partition coefficient (Wildman–Crippen LogP) is 5.19. The number of alkyl halides is 3. The van der Waals surface area contributed by atoms with Crippen molar-refractivity contribution in [2.45, 2.75) is 51.2 Å². The second-order valence-corrected chi connectivity index (χ2v) is 11.7. The van der Waals surface area contributed by atoms with Crippen molar-refractivity contribution < 1.29 is 26.4 Å². The van der Waals surface area contributed by atoms with Crippen LogP contribution in [0.4, 0.5) is 36.3 Å². The molecule has 2 heterocycles. The Kier molecular flexibility index (Phi) is 8.31.